The summed E-state index contributed by atoms with van der Waals surface area (Å²) in [6.45, 7) is 5.97. The number of hydrogen-bond acceptors (Lipinski definition) is 3. The second kappa shape index (κ2) is 7.87. The number of benzene rings is 2. The van der Waals surface area contributed by atoms with E-state index in [2.05, 4.69) is 10.3 Å². The quantitative estimate of drug-likeness (QED) is 0.737. The van der Waals surface area contributed by atoms with Crippen LogP contribution in [0.5, 0.6) is 5.75 Å². The molecule has 0 saturated heterocycles. The SMILES string of the molecule is Cc1ccc(OCC(=O)N[C@@H](C)c2ccc(-n3ccnc3)cc2)c(C)c1. The number of aryl methyl sites for hydroxylation is 2. The molecule has 2 aromatic carbocycles. The summed E-state index contributed by atoms with van der Waals surface area (Å²) in [6.07, 6.45) is 5.39. The molecular weight excluding hydrogens is 326 g/mol. The third-order valence-corrected chi connectivity index (χ3v) is 4.26. The van der Waals surface area contributed by atoms with E-state index in [0.29, 0.717) is 0 Å². The minimum absolute atomic E-state index is 0.00135. The molecule has 0 aliphatic rings. The average Bonchev–Trinajstić information content (AvgIpc) is 3.16. The fourth-order valence-corrected chi connectivity index (χ4v) is 2.82. The Balaban J connectivity index is 1.55. The van der Waals surface area contributed by atoms with Crippen LogP contribution in [0.4, 0.5) is 0 Å². The van der Waals surface area contributed by atoms with Gasteiger partial charge in [-0.25, -0.2) is 4.98 Å². The van der Waals surface area contributed by atoms with E-state index in [-0.39, 0.29) is 18.6 Å². The van der Waals surface area contributed by atoms with Crippen molar-refractivity contribution in [3.8, 4) is 11.4 Å². The molecule has 26 heavy (non-hydrogen) atoms. The van der Waals surface area contributed by atoms with Crippen molar-refractivity contribution in [2.75, 3.05) is 6.61 Å². The summed E-state index contributed by atoms with van der Waals surface area (Å²) in [5.74, 6) is 0.597. The van der Waals surface area contributed by atoms with E-state index in [1.165, 1.54) is 5.56 Å². The van der Waals surface area contributed by atoms with Gasteiger partial charge in [0.15, 0.2) is 6.61 Å². The Morgan fingerprint density at radius 3 is 2.62 bits per heavy atom. The highest BCUT2D eigenvalue weighted by molar-refractivity contribution is 5.78. The first kappa shape index (κ1) is 17.7. The third-order valence-electron chi connectivity index (χ3n) is 4.26. The number of imidazole rings is 1. The first-order valence-electron chi connectivity index (χ1n) is 8.60. The maximum atomic E-state index is 12.2. The van der Waals surface area contributed by atoms with Crippen LogP contribution >= 0.6 is 0 Å². The zero-order valence-corrected chi connectivity index (χ0v) is 15.3. The summed E-state index contributed by atoms with van der Waals surface area (Å²) in [5, 5.41) is 2.97. The van der Waals surface area contributed by atoms with Gasteiger partial charge in [0.1, 0.15) is 5.75 Å². The fourth-order valence-electron chi connectivity index (χ4n) is 2.82. The molecule has 0 aliphatic heterocycles. The highest BCUT2D eigenvalue weighted by atomic mass is 16.5. The molecule has 0 unspecified atom stereocenters. The zero-order chi connectivity index (χ0) is 18.5. The number of aromatic nitrogens is 2. The van der Waals surface area contributed by atoms with Crippen LogP contribution in [0, 0.1) is 13.8 Å². The monoisotopic (exact) mass is 349 g/mol. The van der Waals surface area contributed by atoms with Gasteiger partial charge in [-0.3, -0.25) is 4.79 Å². The van der Waals surface area contributed by atoms with Gasteiger partial charge in [-0.05, 0) is 50.1 Å². The molecule has 1 aromatic heterocycles. The molecule has 0 bridgehead atoms. The number of carbonyl (C=O) groups is 1. The number of nitrogens with zero attached hydrogens (tertiary/aromatic N) is 2. The molecule has 1 amide bonds. The Hall–Kier alpha value is -3.08. The third kappa shape index (κ3) is 4.30. The number of nitrogens with one attached hydrogen (secondary N) is 1. The molecule has 5 heteroatoms. The zero-order valence-electron chi connectivity index (χ0n) is 15.3. The minimum atomic E-state index is -0.142. The van der Waals surface area contributed by atoms with Gasteiger partial charge < -0.3 is 14.6 Å². The maximum absolute atomic E-state index is 12.2. The Bertz CT molecular complexity index is 871. The average molecular weight is 349 g/mol. The van der Waals surface area contributed by atoms with E-state index in [1.54, 1.807) is 12.5 Å². The topological polar surface area (TPSA) is 56.1 Å². The molecule has 1 heterocycles. The van der Waals surface area contributed by atoms with Crippen molar-refractivity contribution >= 4 is 5.91 Å². The minimum Gasteiger partial charge on any atom is -0.484 e. The Labute approximate surface area is 153 Å². The lowest BCUT2D eigenvalue weighted by molar-refractivity contribution is -0.123. The largest absolute Gasteiger partial charge is 0.484 e. The summed E-state index contributed by atoms with van der Waals surface area (Å²) >= 11 is 0. The summed E-state index contributed by atoms with van der Waals surface area (Å²) < 4.78 is 7.57. The van der Waals surface area contributed by atoms with Crippen molar-refractivity contribution < 1.29 is 9.53 Å². The van der Waals surface area contributed by atoms with Crippen LogP contribution < -0.4 is 10.1 Å². The van der Waals surface area contributed by atoms with E-state index in [1.807, 2.05) is 74.0 Å². The Morgan fingerprint density at radius 1 is 1.19 bits per heavy atom. The van der Waals surface area contributed by atoms with Crippen LogP contribution in [-0.2, 0) is 4.79 Å². The normalized spacial score (nSPS) is 11.8. The van der Waals surface area contributed by atoms with Gasteiger partial charge in [-0.15, -0.1) is 0 Å². The van der Waals surface area contributed by atoms with E-state index in [4.69, 9.17) is 4.74 Å². The summed E-state index contributed by atoms with van der Waals surface area (Å²) in [4.78, 5) is 16.2. The lowest BCUT2D eigenvalue weighted by atomic mass is 10.1. The molecule has 0 spiro atoms. The molecule has 134 valence electrons. The summed E-state index contributed by atoms with van der Waals surface area (Å²) in [7, 11) is 0. The van der Waals surface area contributed by atoms with Crippen LogP contribution in [0.3, 0.4) is 0 Å². The van der Waals surface area contributed by atoms with Crippen molar-refractivity contribution in [3.63, 3.8) is 0 Å². The first-order chi connectivity index (χ1) is 12.5. The standard InChI is InChI=1S/C21H23N3O2/c1-15-4-9-20(16(2)12-15)26-13-21(25)23-17(3)18-5-7-19(8-6-18)24-11-10-22-14-24/h4-12,14,17H,13H2,1-3H3,(H,23,25)/t17-/m0/s1. The fraction of sp³-hybridized carbons (Fsp3) is 0.238. The maximum Gasteiger partial charge on any atom is 0.258 e. The van der Waals surface area contributed by atoms with Crippen LogP contribution in [0.15, 0.2) is 61.2 Å². The number of rotatable bonds is 6. The van der Waals surface area contributed by atoms with Gasteiger partial charge in [0.2, 0.25) is 0 Å². The van der Waals surface area contributed by atoms with Crippen molar-refractivity contribution in [3.05, 3.63) is 77.9 Å². The van der Waals surface area contributed by atoms with Gasteiger partial charge in [-0.2, -0.15) is 0 Å². The van der Waals surface area contributed by atoms with Gasteiger partial charge in [0.25, 0.3) is 5.91 Å². The van der Waals surface area contributed by atoms with Crippen molar-refractivity contribution in [2.24, 2.45) is 0 Å². The molecule has 0 aliphatic carbocycles. The lowest BCUT2D eigenvalue weighted by Gasteiger charge is -2.16. The van der Waals surface area contributed by atoms with Crippen LogP contribution in [0.2, 0.25) is 0 Å². The predicted octanol–water partition coefficient (Wildman–Crippen LogP) is 3.75. The van der Waals surface area contributed by atoms with Gasteiger partial charge >= 0.3 is 0 Å². The first-order valence-corrected chi connectivity index (χ1v) is 8.60. The molecule has 5 nitrogen and oxygen atoms in total. The van der Waals surface area contributed by atoms with Gasteiger partial charge in [0, 0.05) is 18.1 Å². The van der Waals surface area contributed by atoms with Crippen molar-refractivity contribution in [2.45, 2.75) is 26.8 Å². The second-order valence-corrected chi connectivity index (χ2v) is 6.41. The molecule has 0 fully saturated rings. The van der Waals surface area contributed by atoms with E-state index < -0.39 is 0 Å². The Kier molecular flexibility index (Phi) is 5.37. The number of carbonyl (C=O) groups excluding carboxylic acids is 1. The summed E-state index contributed by atoms with van der Waals surface area (Å²) in [5.41, 5.74) is 4.27. The van der Waals surface area contributed by atoms with E-state index in [9.17, 15) is 4.79 Å². The van der Waals surface area contributed by atoms with E-state index in [0.717, 1.165) is 22.6 Å². The highest BCUT2D eigenvalue weighted by Gasteiger charge is 2.11. The summed E-state index contributed by atoms with van der Waals surface area (Å²) in [6, 6.07) is 13.8. The highest BCUT2D eigenvalue weighted by Crippen LogP contribution is 2.19. The number of hydrogen-bond donors (Lipinski definition) is 1. The lowest BCUT2D eigenvalue weighted by Crippen LogP contribution is -2.31. The van der Waals surface area contributed by atoms with Crippen molar-refractivity contribution in [1.82, 2.24) is 14.9 Å². The molecule has 1 N–H and O–H groups in total. The van der Waals surface area contributed by atoms with Crippen molar-refractivity contribution in [1.29, 1.82) is 0 Å². The molecule has 3 aromatic rings. The second-order valence-electron chi connectivity index (χ2n) is 6.41. The van der Waals surface area contributed by atoms with Gasteiger partial charge in [-0.1, -0.05) is 29.8 Å². The molecule has 0 radical (unpaired) electrons. The molecule has 1 atom stereocenters. The number of ether oxygens (including phenoxy) is 1. The molecule has 3 rings (SSSR count). The van der Waals surface area contributed by atoms with Crippen LogP contribution in [0.1, 0.15) is 29.7 Å². The smallest absolute Gasteiger partial charge is 0.258 e. The predicted molar refractivity (Wildman–Crippen MR) is 102 cm³/mol. The van der Waals surface area contributed by atoms with Crippen LogP contribution in [0.25, 0.3) is 5.69 Å². The number of amides is 1. The van der Waals surface area contributed by atoms with Gasteiger partial charge in [0.05, 0.1) is 12.4 Å². The molecule has 0 saturated carbocycles. The van der Waals surface area contributed by atoms with Crippen LogP contribution in [-0.4, -0.2) is 22.1 Å². The Morgan fingerprint density at radius 2 is 1.96 bits per heavy atom. The van der Waals surface area contributed by atoms with E-state index >= 15 is 0 Å². The molecular formula is C21H23N3O2.